The van der Waals surface area contributed by atoms with E-state index in [9.17, 15) is 13.2 Å². The molecule has 2 aromatic rings. The molecular weight excluding hydrogens is 319 g/mol. The van der Waals surface area contributed by atoms with Crippen molar-refractivity contribution in [2.75, 3.05) is 17.2 Å². The highest BCUT2D eigenvalue weighted by Gasteiger charge is 2.29. The molecule has 0 amide bonds. The van der Waals surface area contributed by atoms with Crippen molar-refractivity contribution in [1.82, 2.24) is 15.0 Å². The summed E-state index contributed by atoms with van der Waals surface area (Å²) in [6.45, 7) is 2.65. The Balaban J connectivity index is 2.14. The fourth-order valence-corrected chi connectivity index (χ4v) is 1.75. The first-order chi connectivity index (χ1) is 10.4. The van der Waals surface area contributed by atoms with Crippen LogP contribution in [0, 0.1) is 0 Å². The van der Waals surface area contributed by atoms with Crippen LogP contribution in [0.4, 0.5) is 30.8 Å². The minimum atomic E-state index is -4.37. The molecule has 0 fully saturated rings. The van der Waals surface area contributed by atoms with Gasteiger partial charge in [0.15, 0.2) is 0 Å². The quantitative estimate of drug-likeness (QED) is 0.863. The molecule has 9 heteroatoms. The lowest BCUT2D eigenvalue weighted by Gasteiger charge is -2.09. The maximum absolute atomic E-state index is 12.5. The molecule has 22 heavy (non-hydrogen) atoms. The van der Waals surface area contributed by atoms with Gasteiger partial charge in [-0.05, 0) is 42.3 Å². The molecule has 0 saturated carbocycles. The Morgan fingerprint density at radius 2 is 1.68 bits per heavy atom. The van der Waals surface area contributed by atoms with Gasteiger partial charge in [0, 0.05) is 12.2 Å². The van der Waals surface area contributed by atoms with Crippen LogP contribution in [-0.4, -0.2) is 21.5 Å². The second-order valence-corrected chi connectivity index (χ2v) is 4.72. The van der Waals surface area contributed by atoms with Crippen molar-refractivity contribution in [3.63, 3.8) is 0 Å². The summed E-state index contributed by atoms with van der Waals surface area (Å²) >= 11 is 5.79. The van der Waals surface area contributed by atoms with Gasteiger partial charge in [-0.1, -0.05) is 6.92 Å². The summed E-state index contributed by atoms with van der Waals surface area (Å²) in [7, 11) is 0. The number of nitrogens with one attached hydrogen (secondary N) is 2. The number of hydrogen-bond acceptors (Lipinski definition) is 5. The second kappa shape index (κ2) is 6.78. The summed E-state index contributed by atoms with van der Waals surface area (Å²) in [5.74, 6) is 0.453. The molecule has 0 saturated heterocycles. The summed E-state index contributed by atoms with van der Waals surface area (Å²) in [5, 5.41) is 5.73. The Labute approximate surface area is 130 Å². The number of rotatable bonds is 5. The Morgan fingerprint density at radius 1 is 1.05 bits per heavy atom. The van der Waals surface area contributed by atoms with Crippen molar-refractivity contribution in [2.45, 2.75) is 19.5 Å². The van der Waals surface area contributed by atoms with E-state index in [1.807, 2.05) is 6.92 Å². The van der Waals surface area contributed by atoms with Crippen molar-refractivity contribution in [3.05, 3.63) is 35.1 Å². The molecule has 1 aromatic carbocycles. The van der Waals surface area contributed by atoms with Crippen LogP contribution in [0.25, 0.3) is 0 Å². The normalized spacial score (nSPS) is 11.3. The van der Waals surface area contributed by atoms with Crippen LogP contribution in [0.5, 0.6) is 0 Å². The summed E-state index contributed by atoms with van der Waals surface area (Å²) in [4.78, 5) is 11.9. The van der Waals surface area contributed by atoms with Crippen LogP contribution in [0.3, 0.4) is 0 Å². The number of hydrogen-bond donors (Lipinski definition) is 2. The van der Waals surface area contributed by atoms with Crippen LogP contribution in [-0.2, 0) is 6.18 Å². The Kier molecular flexibility index (Phi) is 5.02. The number of nitrogens with zero attached hydrogens (tertiary/aromatic N) is 3. The molecule has 0 aliphatic carbocycles. The zero-order chi connectivity index (χ0) is 16.2. The second-order valence-electron chi connectivity index (χ2n) is 4.38. The van der Waals surface area contributed by atoms with Gasteiger partial charge in [-0.2, -0.15) is 28.1 Å². The van der Waals surface area contributed by atoms with E-state index < -0.39 is 11.7 Å². The van der Waals surface area contributed by atoms with Crippen molar-refractivity contribution in [1.29, 1.82) is 0 Å². The molecular formula is C13H13ClF3N5. The minimum Gasteiger partial charge on any atom is -0.354 e. The zero-order valence-electron chi connectivity index (χ0n) is 11.6. The lowest BCUT2D eigenvalue weighted by molar-refractivity contribution is -0.137. The van der Waals surface area contributed by atoms with E-state index in [1.165, 1.54) is 12.1 Å². The van der Waals surface area contributed by atoms with Gasteiger partial charge in [0.25, 0.3) is 0 Å². The number of benzene rings is 1. The summed E-state index contributed by atoms with van der Waals surface area (Å²) in [6, 6.07) is 4.53. The van der Waals surface area contributed by atoms with Crippen LogP contribution < -0.4 is 10.6 Å². The van der Waals surface area contributed by atoms with Gasteiger partial charge >= 0.3 is 6.18 Å². The Bertz CT molecular complexity index is 631. The Morgan fingerprint density at radius 3 is 2.27 bits per heavy atom. The maximum Gasteiger partial charge on any atom is 0.416 e. The standard InChI is InChI=1S/C13H13ClF3N5/c1-2-7-18-11-20-10(14)21-12(22-11)19-9-5-3-8(4-6-9)13(15,16)17/h3-6H,2,7H2,1H3,(H2,18,19,20,21,22). The number of aromatic nitrogens is 3. The molecule has 0 spiro atoms. The fourth-order valence-electron chi connectivity index (χ4n) is 1.59. The summed E-state index contributed by atoms with van der Waals surface area (Å²) in [5.41, 5.74) is -0.311. The minimum absolute atomic E-state index is 0.0111. The molecule has 0 unspecified atom stereocenters. The first kappa shape index (κ1) is 16.3. The third-order valence-corrected chi connectivity index (χ3v) is 2.78. The average molecular weight is 332 g/mol. The lowest BCUT2D eigenvalue weighted by atomic mass is 10.2. The van der Waals surface area contributed by atoms with Crippen molar-refractivity contribution in [3.8, 4) is 0 Å². The molecule has 2 rings (SSSR count). The largest absolute Gasteiger partial charge is 0.416 e. The van der Waals surface area contributed by atoms with Crippen LogP contribution in [0.2, 0.25) is 5.28 Å². The van der Waals surface area contributed by atoms with E-state index in [1.54, 1.807) is 0 Å². The smallest absolute Gasteiger partial charge is 0.354 e. The average Bonchev–Trinajstić information content (AvgIpc) is 2.44. The molecule has 1 aromatic heterocycles. The third kappa shape index (κ3) is 4.45. The van der Waals surface area contributed by atoms with E-state index in [4.69, 9.17) is 11.6 Å². The van der Waals surface area contributed by atoms with Crippen LogP contribution in [0.15, 0.2) is 24.3 Å². The van der Waals surface area contributed by atoms with E-state index in [-0.39, 0.29) is 11.2 Å². The molecule has 5 nitrogen and oxygen atoms in total. The van der Waals surface area contributed by atoms with Gasteiger partial charge in [0.05, 0.1) is 5.56 Å². The molecule has 0 aliphatic rings. The number of halogens is 4. The lowest BCUT2D eigenvalue weighted by Crippen LogP contribution is -2.08. The molecule has 0 radical (unpaired) electrons. The van der Waals surface area contributed by atoms with Crippen LogP contribution in [0.1, 0.15) is 18.9 Å². The first-order valence-electron chi connectivity index (χ1n) is 6.48. The van der Waals surface area contributed by atoms with E-state index in [0.29, 0.717) is 18.2 Å². The van der Waals surface area contributed by atoms with Gasteiger partial charge in [-0.3, -0.25) is 0 Å². The van der Waals surface area contributed by atoms with Crippen molar-refractivity contribution in [2.24, 2.45) is 0 Å². The van der Waals surface area contributed by atoms with Crippen LogP contribution >= 0.6 is 11.6 Å². The van der Waals surface area contributed by atoms with Gasteiger partial charge < -0.3 is 10.6 Å². The number of anilines is 3. The Hall–Kier alpha value is -2.09. The summed E-state index contributed by atoms with van der Waals surface area (Å²) < 4.78 is 37.5. The third-order valence-electron chi connectivity index (χ3n) is 2.61. The maximum atomic E-state index is 12.5. The van der Waals surface area contributed by atoms with Crippen molar-refractivity contribution >= 4 is 29.2 Å². The molecule has 2 N–H and O–H groups in total. The van der Waals surface area contributed by atoms with E-state index in [2.05, 4.69) is 25.6 Å². The first-order valence-corrected chi connectivity index (χ1v) is 6.86. The topological polar surface area (TPSA) is 62.7 Å². The fraction of sp³-hybridized carbons (Fsp3) is 0.308. The highest BCUT2D eigenvalue weighted by atomic mass is 35.5. The zero-order valence-corrected chi connectivity index (χ0v) is 12.3. The molecule has 0 bridgehead atoms. The van der Waals surface area contributed by atoms with Gasteiger partial charge in [-0.15, -0.1) is 0 Å². The van der Waals surface area contributed by atoms with Gasteiger partial charge in [-0.25, -0.2) is 0 Å². The van der Waals surface area contributed by atoms with Gasteiger partial charge in [0.2, 0.25) is 17.2 Å². The monoisotopic (exact) mass is 331 g/mol. The molecule has 118 valence electrons. The number of alkyl halides is 3. The van der Waals surface area contributed by atoms with E-state index in [0.717, 1.165) is 18.6 Å². The predicted molar refractivity (Wildman–Crippen MR) is 78.3 cm³/mol. The highest BCUT2D eigenvalue weighted by molar-refractivity contribution is 6.28. The summed E-state index contributed by atoms with van der Waals surface area (Å²) in [6.07, 6.45) is -3.49. The SMILES string of the molecule is CCCNc1nc(Cl)nc(Nc2ccc(C(F)(F)F)cc2)n1. The predicted octanol–water partition coefficient (Wildman–Crippen LogP) is 4.11. The van der Waals surface area contributed by atoms with E-state index >= 15 is 0 Å². The van der Waals surface area contributed by atoms with Crippen molar-refractivity contribution < 1.29 is 13.2 Å². The highest BCUT2D eigenvalue weighted by Crippen LogP contribution is 2.30. The molecule has 1 heterocycles. The molecule has 0 atom stereocenters. The molecule has 0 aliphatic heterocycles. The van der Waals surface area contributed by atoms with Gasteiger partial charge in [0.1, 0.15) is 0 Å².